The molecule has 0 aromatic heterocycles. The minimum absolute atomic E-state index is 0.0628. The molecule has 2 aromatic rings. The van der Waals surface area contributed by atoms with Gasteiger partial charge in [0.05, 0.1) is 6.61 Å². The normalized spacial score (nSPS) is 22.3. The molecule has 4 rings (SSSR count). The third kappa shape index (κ3) is 7.22. The highest BCUT2D eigenvalue weighted by molar-refractivity contribution is 7.90. The summed E-state index contributed by atoms with van der Waals surface area (Å²) in [6, 6.07) is 10.6. The number of hydrogen-bond donors (Lipinski definition) is 5. The van der Waals surface area contributed by atoms with Crippen LogP contribution in [-0.2, 0) is 9.84 Å². The van der Waals surface area contributed by atoms with Crippen molar-refractivity contribution in [2.45, 2.75) is 56.8 Å². The first-order chi connectivity index (χ1) is 17.7. The summed E-state index contributed by atoms with van der Waals surface area (Å²) < 4.78 is 29.9. The summed E-state index contributed by atoms with van der Waals surface area (Å²) in [7, 11) is -3.48. The molecule has 2 fully saturated rings. The Hall–Kier alpha value is -2.66. The predicted octanol–water partition coefficient (Wildman–Crippen LogP) is 3.09. The second-order valence-electron chi connectivity index (χ2n) is 9.97. The fourth-order valence-corrected chi connectivity index (χ4v) is 5.72. The Labute approximate surface area is 220 Å². The van der Waals surface area contributed by atoms with Gasteiger partial charge in [-0.25, -0.2) is 8.42 Å². The van der Waals surface area contributed by atoms with E-state index in [-0.39, 0.29) is 22.8 Å². The lowest BCUT2D eigenvalue weighted by Gasteiger charge is -2.39. The number of carbonyl (C=O) groups excluding carboxylic acids is 1. The van der Waals surface area contributed by atoms with Crippen LogP contribution in [0.2, 0.25) is 0 Å². The maximum atomic E-state index is 13.0. The maximum absolute atomic E-state index is 13.0. The van der Waals surface area contributed by atoms with Crippen molar-refractivity contribution in [2.24, 2.45) is 5.92 Å². The molecule has 0 bridgehead atoms. The molecule has 0 spiro atoms. The molecular weight excluding hydrogens is 490 g/mol. The Morgan fingerprint density at radius 1 is 1.14 bits per heavy atom. The van der Waals surface area contributed by atoms with Crippen LogP contribution in [0.4, 0.5) is 11.4 Å². The molecular formula is C27H39N5O4S. The molecule has 2 aromatic carbocycles. The maximum Gasteiger partial charge on any atom is 0.255 e. The fraction of sp³-hybridized carbons (Fsp3) is 0.519. The van der Waals surface area contributed by atoms with Crippen molar-refractivity contribution in [1.29, 1.82) is 0 Å². The van der Waals surface area contributed by atoms with Gasteiger partial charge in [-0.05, 0) is 94.1 Å². The van der Waals surface area contributed by atoms with Gasteiger partial charge < -0.3 is 20.7 Å². The third-order valence-electron chi connectivity index (χ3n) is 6.95. The monoisotopic (exact) mass is 529 g/mol. The van der Waals surface area contributed by atoms with Crippen molar-refractivity contribution in [3.8, 4) is 5.75 Å². The lowest BCUT2D eigenvalue weighted by molar-refractivity contribution is 0.102. The first kappa shape index (κ1) is 27.4. The van der Waals surface area contributed by atoms with Gasteiger partial charge in [0.2, 0.25) is 0 Å². The van der Waals surface area contributed by atoms with E-state index in [2.05, 4.69) is 26.6 Å². The van der Waals surface area contributed by atoms with Crippen molar-refractivity contribution in [3.05, 3.63) is 47.5 Å². The molecule has 0 radical (unpaired) electrons. The van der Waals surface area contributed by atoms with Crippen molar-refractivity contribution in [1.82, 2.24) is 16.0 Å². The number of anilines is 2. The van der Waals surface area contributed by atoms with Crippen LogP contribution in [0.3, 0.4) is 0 Å². The van der Waals surface area contributed by atoms with Crippen LogP contribution >= 0.6 is 0 Å². The standard InChI is InChI=1S/C27H39N5O4S/c1-4-14-36-24-15-19(8-10-25(24)37(3,34)35)26(33)30-21-9-7-18(2)23(16-21)32-27-29-13-11-22(31-27)20-6-5-12-28-17-20/h7-10,15-16,20,22,27-29,31-32H,4-6,11-14,17H2,1-3H3,(H,30,33). The third-order valence-corrected chi connectivity index (χ3v) is 8.09. The highest BCUT2D eigenvalue weighted by Gasteiger charge is 2.28. The largest absolute Gasteiger partial charge is 0.492 e. The van der Waals surface area contributed by atoms with Crippen LogP contribution in [0.5, 0.6) is 5.75 Å². The average molecular weight is 530 g/mol. The summed E-state index contributed by atoms with van der Waals surface area (Å²) in [6.07, 6.45) is 5.36. The second kappa shape index (κ2) is 12.3. The van der Waals surface area contributed by atoms with Gasteiger partial charge in [0.1, 0.15) is 16.9 Å². The number of carbonyl (C=O) groups is 1. The van der Waals surface area contributed by atoms with Gasteiger partial charge in [-0.3, -0.25) is 15.4 Å². The number of sulfone groups is 1. The van der Waals surface area contributed by atoms with E-state index < -0.39 is 9.84 Å². The lowest BCUT2D eigenvalue weighted by atomic mass is 9.89. The number of nitrogens with one attached hydrogen (secondary N) is 5. The highest BCUT2D eigenvalue weighted by atomic mass is 32.2. The summed E-state index contributed by atoms with van der Waals surface area (Å²) in [6.45, 7) is 7.43. The molecule has 202 valence electrons. The van der Waals surface area contributed by atoms with E-state index in [9.17, 15) is 13.2 Å². The number of ether oxygens (including phenoxy) is 1. The molecule has 3 unspecified atom stereocenters. The number of aryl methyl sites for hydroxylation is 1. The topological polar surface area (TPSA) is 121 Å². The number of benzene rings is 2. The van der Waals surface area contributed by atoms with Crippen LogP contribution in [-0.4, -0.2) is 59.2 Å². The van der Waals surface area contributed by atoms with E-state index >= 15 is 0 Å². The molecule has 2 aliphatic rings. The Bertz CT molecular complexity index is 1200. The molecule has 2 saturated heterocycles. The van der Waals surface area contributed by atoms with Crippen LogP contribution in [0.15, 0.2) is 41.3 Å². The minimum atomic E-state index is -3.48. The minimum Gasteiger partial charge on any atom is -0.492 e. The van der Waals surface area contributed by atoms with Gasteiger partial charge in [-0.15, -0.1) is 0 Å². The molecule has 2 heterocycles. The van der Waals surface area contributed by atoms with E-state index in [0.29, 0.717) is 29.8 Å². The zero-order chi connectivity index (χ0) is 26.4. The molecule has 10 heteroatoms. The molecule has 5 N–H and O–H groups in total. The number of hydrogen-bond acceptors (Lipinski definition) is 8. The number of amides is 1. The van der Waals surface area contributed by atoms with Crippen molar-refractivity contribution in [2.75, 3.05) is 43.1 Å². The van der Waals surface area contributed by atoms with E-state index in [1.54, 1.807) is 0 Å². The molecule has 0 saturated carbocycles. The first-order valence-electron chi connectivity index (χ1n) is 13.1. The van der Waals surface area contributed by atoms with Gasteiger partial charge in [0.25, 0.3) is 5.91 Å². The molecule has 0 aliphatic carbocycles. The van der Waals surface area contributed by atoms with Crippen LogP contribution in [0.25, 0.3) is 0 Å². The summed E-state index contributed by atoms with van der Waals surface area (Å²) in [5, 5.41) is 17.2. The summed E-state index contributed by atoms with van der Waals surface area (Å²) in [5.74, 6) is 0.488. The summed E-state index contributed by atoms with van der Waals surface area (Å²) >= 11 is 0. The predicted molar refractivity (Wildman–Crippen MR) is 147 cm³/mol. The molecule has 37 heavy (non-hydrogen) atoms. The highest BCUT2D eigenvalue weighted by Crippen LogP contribution is 2.27. The van der Waals surface area contributed by atoms with Crippen molar-refractivity contribution < 1.29 is 17.9 Å². The fourth-order valence-electron chi connectivity index (χ4n) is 4.92. The van der Waals surface area contributed by atoms with Crippen LogP contribution in [0, 0.1) is 12.8 Å². The summed E-state index contributed by atoms with van der Waals surface area (Å²) in [4.78, 5) is 13.1. The van der Waals surface area contributed by atoms with Crippen LogP contribution < -0.4 is 31.3 Å². The first-order valence-corrected chi connectivity index (χ1v) is 15.0. The van der Waals surface area contributed by atoms with E-state index in [0.717, 1.165) is 50.0 Å². The van der Waals surface area contributed by atoms with Gasteiger partial charge in [-0.2, -0.15) is 0 Å². The van der Waals surface area contributed by atoms with Crippen LogP contribution in [0.1, 0.15) is 48.5 Å². The zero-order valence-electron chi connectivity index (χ0n) is 21.9. The molecule has 1 amide bonds. The lowest BCUT2D eigenvalue weighted by Crippen LogP contribution is -2.60. The molecule has 2 aliphatic heterocycles. The van der Waals surface area contributed by atoms with Gasteiger partial charge in [-0.1, -0.05) is 13.0 Å². The van der Waals surface area contributed by atoms with Crippen molar-refractivity contribution in [3.63, 3.8) is 0 Å². The molecule has 9 nitrogen and oxygen atoms in total. The van der Waals surface area contributed by atoms with Crippen molar-refractivity contribution >= 4 is 27.1 Å². The number of piperidine rings is 1. The Kier molecular flexibility index (Phi) is 9.07. The zero-order valence-corrected chi connectivity index (χ0v) is 22.7. The Morgan fingerprint density at radius 3 is 2.70 bits per heavy atom. The SMILES string of the molecule is CCCOc1cc(C(=O)Nc2ccc(C)c(NC3NCCC(C4CCCNC4)N3)c2)ccc1S(C)(=O)=O. The molecule has 3 atom stereocenters. The Morgan fingerprint density at radius 2 is 1.97 bits per heavy atom. The quantitative estimate of drug-likeness (QED) is 0.336. The Balaban J connectivity index is 1.45. The van der Waals surface area contributed by atoms with E-state index in [1.807, 2.05) is 32.0 Å². The average Bonchev–Trinajstić information content (AvgIpc) is 2.89. The van der Waals surface area contributed by atoms with Gasteiger partial charge in [0.15, 0.2) is 9.84 Å². The second-order valence-corrected chi connectivity index (χ2v) is 11.9. The van der Waals surface area contributed by atoms with E-state index in [1.165, 1.54) is 31.0 Å². The van der Waals surface area contributed by atoms with Gasteiger partial charge >= 0.3 is 0 Å². The smallest absolute Gasteiger partial charge is 0.255 e. The van der Waals surface area contributed by atoms with E-state index in [4.69, 9.17) is 4.74 Å². The van der Waals surface area contributed by atoms with Gasteiger partial charge in [0, 0.05) is 29.2 Å². The summed E-state index contributed by atoms with van der Waals surface area (Å²) in [5.41, 5.74) is 2.96. The number of rotatable bonds is 9.